The topological polar surface area (TPSA) is 89.9 Å². The molecule has 3 rings (SSSR count). The minimum absolute atomic E-state index is 0.223. The van der Waals surface area contributed by atoms with E-state index in [1.165, 1.54) is 6.33 Å². The average Bonchev–Trinajstić information content (AvgIpc) is 2.68. The third-order valence-corrected chi connectivity index (χ3v) is 3.39. The number of rotatable bonds is 6. The van der Waals surface area contributed by atoms with Gasteiger partial charge in [0.1, 0.15) is 6.33 Å². The molecular formula is C18H17N5O2. The van der Waals surface area contributed by atoms with Crippen LogP contribution in [0, 0.1) is 0 Å². The minimum Gasteiger partial charge on any atom is -0.477 e. The molecule has 0 radical (unpaired) electrons. The molecule has 2 heterocycles. The summed E-state index contributed by atoms with van der Waals surface area (Å²) in [6, 6.07) is 14.8. The third-order valence-electron chi connectivity index (χ3n) is 3.39. The lowest BCUT2D eigenvalue weighted by Gasteiger charge is -2.06. The maximum atomic E-state index is 12.1. The number of carbonyl (C=O) groups is 1. The second kappa shape index (κ2) is 7.96. The fourth-order valence-corrected chi connectivity index (χ4v) is 2.19. The van der Waals surface area contributed by atoms with Crippen LogP contribution in [0.4, 0.5) is 0 Å². The highest BCUT2D eigenvalue weighted by Gasteiger charge is 2.09. The first-order valence-electron chi connectivity index (χ1n) is 7.87. The van der Waals surface area contributed by atoms with Crippen molar-refractivity contribution in [3.63, 3.8) is 0 Å². The van der Waals surface area contributed by atoms with E-state index >= 15 is 0 Å². The molecule has 0 aliphatic rings. The Bertz CT molecular complexity index is 838. The highest BCUT2D eigenvalue weighted by molar-refractivity contribution is 5.92. The molecule has 0 saturated heterocycles. The molecule has 1 amide bonds. The Labute approximate surface area is 145 Å². The summed E-state index contributed by atoms with van der Waals surface area (Å²) in [5, 5.41) is 10.5. The van der Waals surface area contributed by atoms with Crippen LogP contribution in [0.1, 0.15) is 23.1 Å². The van der Waals surface area contributed by atoms with Gasteiger partial charge in [0.2, 0.25) is 5.88 Å². The van der Waals surface area contributed by atoms with E-state index in [0.717, 1.165) is 11.3 Å². The molecule has 25 heavy (non-hydrogen) atoms. The van der Waals surface area contributed by atoms with Gasteiger partial charge in [0, 0.05) is 11.6 Å². The highest BCUT2D eigenvalue weighted by Crippen LogP contribution is 2.16. The van der Waals surface area contributed by atoms with E-state index in [0.29, 0.717) is 18.2 Å². The normalized spacial score (nSPS) is 10.3. The molecule has 7 heteroatoms. The summed E-state index contributed by atoms with van der Waals surface area (Å²) < 4.78 is 5.20. The Morgan fingerprint density at radius 2 is 1.92 bits per heavy atom. The first-order valence-corrected chi connectivity index (χ1v) is 7.87. The van der Waals surface area contributed by atoms with E-state index in [1.807, 2.05) is 43.3 Å². The van der Waals surface area contributed by atoms with Crippen LogP contribution in [0.3, 0.4) is 0 Å². The van der Waals surface area contributed by atoms with Crippen molar-refractivity contribution >= 4 is 5.91 Å². The van der Waals surface area contributed by atoms with Crippen LogP contribution in [0.25, 0.3) is 11.3 Å². The van der Waals surface area contributed by atoms with E-state index in [2.05, 4.69) is 25.5 Å². The summed E-state index contributed by atoms with van der Waals surface area (Å²) in [4.78, 5) is 20.6. The van der Waals surface area contributed by atoms with Gasteiger partial charge in [-0.2, -0.15) is 0 Å². The summed E-state index contributed by atoms with van der Waals surface area (Å²) in [5.74, 6) is 0.0674. The molecule has 1 aromatic carbocycles. The monoisotopic (exact) mass is 335 g/mol. The summed E-state index contributed by atoms with van der Waals surface area (Å²) in [6.07, 6.45) is 1.49. The predicted molar refractivity (Wildman–Crippen MR) is 91.8 cm³/mol. The molecule has 0 fully saturated rings. The van der Waals surface area contributed by atoms with Crippen LogP contribution >= 0.6 is 0 Å². The molecule has 1 N–H and O–H groups in total. The van der Waals surface area contributed by atoms with Gasteiger partial charge >= 0.3 is 0 Å². The van der Waals surface area contributed by atoms with Crippen LogP contribution in [0.5, 0.6) is 5.88 Å². The fraction of sp³-hybridized carbons (Fsp3) is 0.167. The molecule has 0 aliphatic carbocycles. The lowest BCUT2D eigenvalue weighted by Crippen LogP contribution is -2.24. The van der Waals surface area contributed by atoms with Crippen LogP contribution in [0.2, 0.25) is 0 Å². The van der Waals surface area contributed by atoms with Crippen molar-refractivity contribution in [1.82, 2.24) is 25.5 Å². The molecule has 126 valence electrons. The van der Waals surface area contributed by atoms with Crippen molar-refractivity contribution in [1.29, 1.82) is 0 Å². The number of hydrogen-bond acceptors (Lipinski definition) is 6. The van der Waals surface area contributed by atoms with Gasteiger partial charge in [0.05, 0.1) is 24.5 Å². The van der Waals surface area contributed by atoms with Gasteiger partial charge in [0.25, 0.3) is 5.91 Å². The predicted octanol–water partition coefficient (Wildman–Crippen LogP) is 2.26. The standard InChI is InChI=1S/C18H17N5O2/c1-2-25-17-9-8-15(22-23-17)18(24)19-11-14-10-16(21-12-20-14)13-6-4-3-5-7-13/h3-10,12H,2,11H2,1H3,(H,19,24). The van der Waals surface area contributed by atoms with Crippen LogP contribution < -0.4 is 10.1 Å². The number of carbonyl (C=O) groups excluding carboxylic acids is 1. The van der Waals surface area contributed by atoms with Crippen molar-refractivity contribution in [2.24, 2.45) is 0 Å². The van der Waals surface area contributed by atoms with Gasteiger partial charge in [-0.25, -0.2) is 9.97 Å². The number of benzene rings is 1. The molecule has 0 atom stereocenters. The van der Waals surface area contributed by atoms with E-state index in [4.69, 9.17) is 4.74 Å². The second-order valence-corrected chi connectivity index (χ2v) is 5.13. The summed E-state index contributed by atoms with van der Waals surface area (Å²) in [6.45, 7) is 2.63. The Hall–Kier alpha value is -3.35. The number of aromatic nitrogens is 4. The van der Waals surface area contributed by atoms with Crippen molar-refractivity contribution in [2.75, 3.05) is 6.61 Å². The summed E-state index contributed by atoms with van der Waals surface area (Å²) in [7, 11) is 0. The number of nitrogens with one attached hydrogen (secondary N) is 1. The number of hydrogen-bond donors (Lipinski definition) is 1. The molecule has 7 nitrogen and oxygen atoms in total. The molecule has 3 aromatic rings. The van der Waals surface area contributed by atoms with Crippen molar-refractivity contribution in [2.45, 2.75) is 13.5 Å². The van der Waals surface area contributed by atoms with Crippen LogP contribution in [0.15, 0.2) is 54.9 Å². The SMILES string of the molecule is CCOc1ccc(C(=O)NCc2cc(-c3ccccc3)ncn2)nn1. The smallest absolute Gasteiger partial charge is 0.272 e. The van der Waals surface area contributed by atoms with Crippen molar-refractivity contribution < 1.29 is 9.53 Å². The molecule has 2 aromatic heterocycles. The van der Waals surface area contributed by atoms with Gasteiger partial charge in [-0.1, -0.05) is 30.3 Å². The van der Waals surface area contributed by atoms with Gasteiger partial charge < -0.3 is 10.1 Å². The first kappa shape index (κ1) is 16.5. The molecule has 0 unspecified atom stereocenters. The van der Waals surface area contributed by atoms with Gasteiger partial charge in [-0.05, 0) is 19.1 Å². The largest absolute Gasteiger partial charge is 0.477 e. The first-order chi connectivity index (χ1) is 12.3. The molecule has 0 bridgehead atoms. The Morgan fingerprint density at radius 1 is 1.08 bits per heavy atom. The Kier molecular flexibility index (Phi) is 5.26. The van der Waals surface area contributed by atoms with Crippen LogP contribution in [-0.2, 0) is 6.54 Å². The van der Waals surface area contributed by atoms with E-state index in [9.17, 15) is 4.79 Å². The average molecular weight is 335 g/mol. The van der Waals surface area contributed by atoms with Crippen LogP contribution in [-0.4, -0.2) is 32.7 Å². The zero-order valence-electron chi connectivity index (χ0n) is 13.7. The number of amides is 1. The van der Waals surface area contributed by atoms with Gasteiger partial charge in [-0.3, -0.25) is 4.79 Å². The number of ether oxygens (including phenoxy) is 1. The molecular weight excluding hydrogens is 318 g/mol. The fourth-order valence-electron chi connectivity index (χ4n) is 2.19. The van der Waals surface area contributed by atoms with Gasteiger partial charge in [-0.15, -0.1) is 10.2 Å². The van der Waals surface area contributed by atoms with E-state index in [-0.39, 0.29) is 18.1 Å². The molecule has 0 spiro atoms. The lowest BCUT2D eigenvalue weighted by molar-refractivity contribution is 0.0944. The lowest BCUT2D eigenvalue weighted by atomic mass is 10.1. The van der Waals surface area contributed by atoms with Crippen molar-refractivity contribution in [3.05, 3.63) is 66.2 Å². The quantitative estimate of drug-likeness (QED) is 0.743. The summed E-state index contributed by atoms with van der Waals surface area (Å²) >= 11 is 0. The number of nitrogens with zero attached hydrogens (tertiary/aromatic N) is 4. The van der Waals surface area contributed by atoms with Crippen molar-refractivity contribution in [3.8, 4) is 17.1 Å². The molecule has 0 saturated carbocycles. The Morgan fingerprint density at radius 3 is 2.64 bits per heavy atom. The van der Waals surface area contributed by atoms with E-state index < -0.39 is 0 Å². The zero-order chi connectivity index (χ0) is 17.5. The minimum atomic E-state index is -0.324. The van der Waals surface area contributed by atoms with Gasteiger partial charge in [0.15, 0.2) is 5.69 Å². The Balaban J connectivity index is 1.64. The van der Waals surface area contributed by atoms with E-state index in [1.54, 1.807) is 12.1 Å². The maximum absolute atomic E-state index is 12.1. The zero-order valence-corrected chi connectivity index (χ0v) is 13.7. The highest BCUT2D eigenvalue weighted by atomic mass is 16.5. The second-order valence-electron chi connectivity index (χ2n) is 5.13. The maximum Gasteiger partial charge on any atom is 0.272 e. The molecule has 0 aliphatic heterocycles. The summed E-state index contributed by atoms with van der Waals surface area (Å²) in [5.41, 5.74) is 2.73. The third kappa shape index (κ3) is 4.35.